The van der Waals surface area contributed by atoms with Crippen molar-refractivity contribution in [2.24, 2.45) is 5.16 Å². The average molecular weight is 570 g/mol. The van der Waals surface area contributed by atoms with Crippen LogP contribution in [0, 0.1) is 5.82 Å². The van der Waals surface area contributed by atoms with Crippen LogP contribution in [0.4, 0.5) is 30.7 Å². The number of amidine groups is 1. The molecule has 3 heterocycles. The monoisotopic (exact) mass is 569 g/mol. The van der Waals surface area contributed by atoms with Gasteiger partial charge in [-0.25, -0.2) is 4.39 Å². The Morgan fingerprint density at radius 2 is 1.56 bits per heavy atom. The molecule has 39 heavy (non-hydrogen) atoms. The molecule has 2 aromatic heterocycles. The van der Waals surface area contributed by atoms with Crippen molar-refractivity contribution in [3.63, 3.8) is 0 Å². The molecule has 1 atom stereocenters. The molecule has 5 rings (SSSR count). The topological polar surface area (TPSA) is 50.9 Å². The fraction of sp³-hybridized carbons (Fsp3) is 0.154. The summed E-state index contributed by atoms with van der Waals surface area (Å²) in [5, 5.41) is 3.85. The van der Waals surface area contributed by atoms with E-state index in [9.17, 15) is 30.7 Å². The molecular weight excluding hydrogens is 555 g/mol. The number of nitrogens with zero attached hydrogens (tertiary/aromatic N) is 3. The number of hydrogen-bond acceptors (Lipinski definition) is 5. The van der Waals surface area contributed by atoms with Crippen molar-refractivity contribution < 1.29 is 40.0 Å². The van der Waals surface area contributed by atoms with Crippen LogP contribution in [0.1, 0.15) is 34.2 Å². The summed E-state index contributed by atoms with van der Waals surface area (Å²) in [6, 6.07) is 11.4. The Hall–Kier alpha value is -4.06. The lowest BCUT2D eigenvalue weighted by atomic mass is 9.99. The predicted octanol–water partition coefficient (Wildman–Crippen LogP) is 8.06. The van der Waals surface area contributed by atoms with Gasteiger partial charge in [0.15, 0.2) is 11.0 Å². The first kappa shape index (κ1) is 26.5. The molecule has 4 aromatic rings. The number of aromatic nitrogens is 1. The molecule has 2 aromatic carbocycles. The molecule has 0 spiro atoms. The Kier molecular flexibility index (Phi) is 6.75. The van der Waals surface area contributed by atoms with Crippen LogP contribution in [-0.2, 0) is 23.7 Å². The van der Waals surface area contributed by atoms with Crippen LogP contribution >= 0.6 is 11.6 Å². The van der Waals surface area contributed by atoms with Gasteiger partial charge in [-0.2, -0.15) is 26.3 Å². The van der Waals surface area contributed by atoms with Crippen molar-refractivity contribution in [1.82, 2.24) is 9.88 Å². The van der Waals surface area contributed by atoms with E-state index in [-0.39, 0.29) is 35.0 Å². The molecule has 0 aliphatic carbocycles. The first-order chi connectivity index (χ1) is 18.4. The van der Waals surface area contributed by atoms with Gasteiger partial charge in [0.05, 0.1) is 17.7 Å². The number of pyridine rings is 1. The zero-order valence-corrected chi connectivity index (χ0v) is 20.2. The number of hydrogen-bond donors (Lipinski definition) is 0. The van der Waals surface area contributed by atoms with Gasteiger partial charge in [0.25, 0.3) is 0 Å². The first-order valence-corrected chi connectivity index (χ1v) is 11.5. The highest BCUT2D eigenvalue weighted by Crippen LogP contribution is 2.41. The van der Waals surface area contributed by atoms with E-state index in [4.69, 9.17) is 20.9 Å². The lowest BCUT2D eigenvalue weighted by Gasteiger charge is -2.27. The standard InChI is InChI=1S/C26H15ClF7N3O2/c27-22-6-5-21(38-22)23-36-39-24(14-9-16(25(29,30)31)11-17(10-14)26(32,33)34)37(23)13-15-12-35-8-7-18(15)19-3-1-2-4-20(19)28/h1-12,24H,13H2. The summed E-state index contributed by atoms with van der Waals surface area (Å²) < 4.78 is 101. The fourth-order valence-electron chi connectivity index (χ4n) is 4.14. The van der Waals surface area contributed by atoms with Crippen molar-refractivity contribution in [3.05, 3.63) is 112 Å². The minimum absolute atomic E-state index is 0.0221. The number of halogens is 8. The lowest BCUT2D eigenvalue weighted by Crippen LogP contribution is -2.31. The van der Waals surface area contributed by atoms with Crippen molar-refractivity contribution >= 4 is 17.4 Å². The summed E-state index contributed by atoms with van der Waals surface area (Å²) in [4.78, 5) is 10.7. The smallest absolute Gasteiger partial charge is 0.416 e. The summed E-state index contributed by atoms with van der Waals surface area (Å²) in [6.07, 6.45) is -8.86. The van der Waals surface area contributed by atoms with E-state index in [1.165, 1.54) is 53.7 Å². The highest BCUT2D eigenvalue weighted by atomic mass is 35.5. The molecule has 0 amide bonds. The molecule has 0 saturated heterocycles. The van der Waals surface area contributed by atoms with E-state index in [0.717, 1.165) is 0 Å². The maximum atomic E-state index is 14.6. The Morgan fingerprint density at radius 1 is 0.872 bits per heavy atom. The van der Waals surface area contributed by atoms with Gasteiger partial charge in [-0.05, 0) is 65.2 Å². The molecule has 1 aliphatic rings. The molecule has 202 valence electrons. The summed E-state index contributed by atoms with van der Waals surface area (Å²) in [5.74, 6) is -0.554. The van der Waals surface area contributed by atoms with Gasteiger partial charge in [-0.1, -0.05) is 23.4 Å². The van der Waals surface area contributed by atoms with Gasteiger partial charge in [-0.3, -0.25) is 4.98 Å². The van der Waals surface area contributed by atoms with Crippen LogP contribution in [0.25, 0.3) is 11.1 Å². The maximum Gasteiger partial charge on any atom is 0.416 e. The molecule has 0 bridgehead atoms. The Labute approximate surface area is 221 Å². The third-order valence-corrected chi connectivity index (χ3v) is 6.09. The molecule has 0 N–H and O–H groups in total. The molecule has 1 unspecified atom stereocenters. The van der Waals surface area contributed by atoms with E-state index in [1.54, 1.807) is 6.07 Å². The second-order valence-electron chi connectivity index (χ2n) is 8.46. The van der Waals surface area contributed by atoms with Crippen molar-refractivity contribution in [2.75, 3.05) is 0 Å². The van der Waals surface area contributed by atoms with Crippen molar-refractivity contribution in [1.29, 1.82) is 0 Å². The second-order valence-corrected chi connectivity index (χ2v) is 8.83. The quantitative estimate of drug-likeness (QED) is 0.228. The maximum absolute atomic E-state index is 14.6. The fourth-order valence-corrected chi connectivity index (χ4v) is 4.29. The molecule has 0 fully saturated rings. The number of rotatable bonds is 5. The van der Waals surface area contributed by atoms with Gasteiger partial charge in [-0.15, -0.1) is 0 Å². The zero-order chi connectivity index (χ0) is 27.9. The summed E-state index contributed by atoms with van der Waals surface area (Å²) in [6.45, 7) is -0.211. The lowest BCUT2D eigenvalue weighted by molar-refractivity contribution is -0.143. The summed E-state index contributed by atoms with van der Waals surface area (Å²) in [7, 11) is 0. The van der Waals surface area contributed by atoms with Crippen LogP contribution < -0.4 is 0 Å². The molecule has 13 heteroatoms. The highest BCUT2D eigenvalue weighted by molar-refractivity contribution is 6.29. The minimum Gasteiger partial charge on any atom is -0.441 e. The van der Waals surface area contributed by atoms with Crippen LogP contribution in [-0.4, -0.2) is 15.7 Å². The highest BCUT2D eigenvalue weighted by Gasteiger charge is 2.41. The zero-order valence-electron chi connectivity index (χ0n) is 19.4. The third-order valence-electron chi connectivity index (χ3n) is 5.89. The largest absolute Gasteiger partial charge is 0.441 e. The first-order valence-electron chi connectivity index (χ1n) is 11.1. The van der Waals surface area contributed by atoms with Crippen molar-refractivity contribution in [3.8, 4) is 11.1 Å². The van der Waals surface area contributed by atoms with E-state index < -0.39 is 41.1 Å². The predicted molar refractivity (Wildman–Crippen MR) is 126 cm³/mol. The van der Waals surface area contributed by atoms with Gasteiger partial charge in [0, 0.05) is 23.5 Å². The van der Waals surface area contributed by atoms with Gasteiger partial charge < -0.3 is 14.2 Å². The van der Waals surface area contributed by atoms with Crippen LogP contribution in [0.5, 0.6) is 0 Å². The normalized spacial score (nSPS) is 15.8. The van der Waals surface area contributed by atoms with E-state index >= 15 is 0 Å². The Balaban J connectivity index is 1.63. The number of benzene rings is 2. The molecule has 1 aliphatic heterocycles. The van der Waals surface area contributed by atoms with E-state index in [2.05, 4.69) is 10.1 Å². The molecule has 5 nitrogen and oxygen atoms in total. The van der Waals surface area contributed by atoms with Gasteiger partial charge in [0.1, 0.15) is 5.82 Å². The molecule has 0 saturated carbocycles. The third kappa shape index (κ3) is 5.42. The van der Waals surface area contributed by atoms with Gasteiger partial charge >= 0.3 is 12.4 Å². The SMILES string of the molecule is Fc1ccccc1-c1ccncc1CN1C(c2ccc(Cl)o2)=NOC1c1cc(C(F)(F)F)cc(C(F)(F)F)c1. The molecular formula is C26H15ClF7N3O2. The average Bonchev–Trinajstić information content (AvgIpc) is 3.49. The van der Waals surface area contributed by atoms with Crippen molar-refractivity contribution in [2.45, 2.75) is 25.1 Å². The Morgan fingerprint density at radius 3 is 2.18 bits per heavy atom. The molecule has 0 radical (unpaired) electrons. The van der Waals surface area contributed by atoms with E-state index in [0.29, 0.717) is 23.3 Å². The van der Waals surface area contributed by atoms with Gasteiger partial charge in [0.2, 0.25) is 12.1 Å². The number of furan rings is 1. The van der Waals surface area contributed by atoms with Crippen LogP contribution in [0.15, 0.2) is 82.6 Å². The number of oxime groups is 1. The van der Waals surface area contributed by atoms with Crippen LogP contribution in [0.3, 0.4) is 0 Å². The second kappa shape index (κ2) is 9.92. The summed E-state index contributed by atoms with van der Waals surface area (Å²) in [5.41, 5.74) is -2.51. The minimum atomic E-state index is -5.07. The van der Waals surface area contributed by atoms with E-state index in [1.807, 2.05) is 0 Å². The summed E-state index contributed by atoms with van der Waals surface area (Å²) >= 11 is 5.88. The number of alkyl halides is 6. The Bertz CT molecular complexity index is 1520. The van der Waals surface area contributed by atoms with Crippen LogP contribution in [0.2, 0.25) is 5.22 Å².